The van der Waals surface area contributed by atoms with Crippen molar-refractivity contribution in [3.8, 4) is 17.6 Å². The van der Waals surface area contributed by atoms with Gasteiger partial charge in [0.05, 0.1) is 37.0 Å². The second-order valence-electron chi connectivity index (χ2n) is 9.94. The minimum absolute atomic E-state index is 0.0775. The van der Waals surface area contributed by atoms with E-state index < -0.39 is 19.7 Å². The van der Waals surface area contributed by atoms with E-state index in [0.717, 1.165) is 0 Å². The van der Waals surface area contributed by atoms with E-state index in [4.69, 9.17) is 20.5 Å². The van der Waals surface area contributed by atoms with Crippen LogP contribution in [0.15, 0.2) is 117 Å². The van der Waals surface area contributed by atoms with Crippen molar-refractivity contribution in [1.29, 1.82) is 5.26 Å². The molecule has 0 saturated heterocycles. The summed E-state index contributed by atoms with van der Waals surface area (Å²) in [7, 11) is -7.29. The van der Waals surface area contributed by atoms with Crippen molar-refractivity contribution in [2.75, 3.05) is 42.6 Å². The number of amides is 2. The van der Waals surface area contributed by atoms with E-state index in [1.807, 2.05) is 6.07 Å². The second-order valence-corrected chi connectivity index (χ2v) is 13.8. The first kappa shape index (κ1) is 32.2. The highest BCUT2D eigenvalue weighted by atomic mass is 32.2. The Morgan fingerprint density at radius 3 is 1.52 bits per heavy atom. The molecule has 0 aromatic heterocycles. The highest BCUT2D eigenvalue weighted by molar-refractivity contribution is 7.91. The molecule has 0 atom stereocenters. The molecular formula is C32H28N4O8S2. The molecule has 2 amide bonds. The second kappa shape index (κ2) is 13.4. The Balaban J connectivity index is 0.000000181. The van der Waals surface area contributed by atoms with Crippen molar-refractivity contribution in [3.05, 3.63) is 97.1 Å². The standard InChI is InChI=1S/C16H16N2O4S.C16H12N2O4S/c2*17-8-9-18-14-7-6-13(10-15(14)22-11-16(18)19)23(20,21)12-4-2-1-3-5-12/h1-7,10H,8-9,11,17H2;1-7,10H,9,11H2. The normalized spacial score (nSPS) is 14.1. The van der Waals surface area contributed by atoms with E-state index in [1.54, 1.807) is 54.6 Å². The fourth-order valence-corrected chi connectivity index (χ4v) is 7.39. The zero-order valence-electron chi connectivity index (χ0n) is 24.3. The van der Waals surface area contributed by atoms with Crippen LogP contribution in [0.4, 0.5) is 11.4 Å². The molecule has 0 saturated carbocycles. The van der Waals surface area contributed by atoms with Gasteiger partial charge in [0.1, 0.15) is 18.0 Å². The number of nitrogens with two attached hydrogens (primary N) is 1. The molecule has 2 aliphatic heterocycles. The van der Waals surface area contributed by atoms with Crippen molar-refractivity contribution in [2.24, 2.45) is 5.73 Å². The molecule has 2 N–H and O–H groups in total. The van der Waals surface area contributed by atoms with Crippen molar-refractivity contribution >= 4 is 42.9 Å². The fraction of sp³-hybridized carbons (Fsp3) is 0.156. The smallest absolute Gasteiger partial charge is 0.265 e. The molecule has 2 heterocycles. The van der Waals surface area contributed by atoms with Crippen molar-refractivity contribution < 1.29 is 35.9 Å². The SMILES string of the molecule is N#CCN1C(=O)COc2cc(S(=O)(=O)c3ccccc3)ccc21.NCCN1C(=O)COc2cc(S(=O)(=O)c3ccccc3)ccc21. The van der Waals surface area contributed by atoms with Crippen molar-refractivity contribution in [1.82, 2.24) is 0 Å². The zero-order valence-corrected chi connectivity index (χ0v) is 25.9. The molecule has 0 radical (unpaired) electrons. The lowest BCUT2D eigenvalue weighted by Gasteiger charge is -2.29. The average molecular weight is 661 g/mol. The number of rotatable bonds is 7. The van der Waals surface area contributed by atoms with E-state index in [2.05, 4.69) is 0 Å². The first-order valence-corrected chi connectivity index (χ1v) is 16.9. The van der Waals surface area contributed by atoms with E-state index in [1.165, 1.54) is 52.3 Å². The summed E-state index contributed by atoms with van der Waals surface area (Å²) < 4.78 is 61.2. The zero-order chi connectivity index (χ0) is 32.9. The lowest BCUT2D eigenvalue weighted by molar-refractivity contribution is -0.121. The number of carbonyl (C=O) groups excluding carboxylic acids is 2. The molecule has 6 rings (SSSR count). The van der Waals surface area contributed by atoms with Crippen molar-refractivity contribution in [3.63, 3.8) is 0 Å². The van der Waals surface area contributed by atoms with Gasteiger partial charge in [-0.25, -0.2) is 16.8 Å². The van der Waals surface area contributed by atoms with Crippen LogP contribution in [0.1, 0.15) is 0 Å². The maximum atomic E-state index is 12.6. The van der Waals surface area contributed by atoms with Crippen LogP contribution < -0.4 is 25.0 Å². The Hall–Kier alpha value is -5.23. The molecular weight excluding hydrogens is 633 g/mol. The van der Waals surface area contributed by atoms with Gasteiger partial charge in [-0.2, -0.15) is 5.26 Å². The summed E-state index contributed by atoms with van der Waals surface area (Å²) in [6.07, 6.45) is 0. The van der Waals surface area contributed by atoms with Gasteiger partial charge in [0.2, 0.25) is 19.7 Å². The largest absolute Gasteiger partial charge is 0.482 e. The molecule has 0 bridgehead atoms. The van der Waals surface area contributed by atoms with Crippen LogP contribution in [0.25, 0.3) is 0 Å². The van der Waals surface area contributed by atoms with Gasteiger partial charge in [0, 0.05) is 25.2 Å². The van der Waals surface area contributed by atoms with E-state index in [9.17, 15) is 26.4 Å². The summed E-state index contributed by atoms with van der Waals surface area (Å²) in [5, 5.41) is 8.81. The Kier molecular flexibility index (Phi) is 9.38. The highest BCUT2D eigenvalue weighted by Crippen LogP contribution is 2.36. The summed E-state index contributed by atoms with van der Waals surface area (Å²) in [6.45, 7) is 0.223. The molecule has 0 fully saturated rings. The first-order chi connectivity index (χ1) is 22.1. The van der Waals surface area contributed by atoms with Crippen LogP contribution in [0.5, 0.6) is 11.5 Å². The van der Waals surface area contributed by atoms with Gasteiger partial charge in [0.15, 0.2) is 13.2 Å². The van der Waals surface area contributed by atoms with Gasteiger partial charge in [-0.05, 0) is 48.5 Å². The Morgan fingerprint density at radius 2 is 1.09 bits per heavy atom. The lowest BCUT2D eigenvalue weighted by atomic mass is 10.2. The summed E-state index contributed by atoms with van der Waals surface area (Å²) >= 11 is 0. The van der Waals surface area contributed by atoms with Crippen molar-refractivity contribution in [2.45, 2.75) is 19.6 Å². The monoisotopic (exact) mass is 660 g/mol. The number of carbonyl (C=O) groups is 2. The average Bonchev–Trinajstić information content (AvgIpc) is 3.08. The maximum Gasteiger partial charge on any atom is 0.265 e. The van der Waals surface area contributed by atoms with Crippen LogP contribution >= 0.6 is 0 Å². The van der Waals surface area contributed by atoms with Crippen LogP contribution in [-0.2, 0) is 29.3 Å². The molecule has 46 heavy (non-hydrogen) atoms. The maximum absolute atomic E-state index is 12.6. The lowest BCUT2D eigenvalue weighted by Crippen LogP contribution is -2.41. The predicted molar refractivity (Wildman–Crippen MR) is 167 cm³/mol. The molecule has 4 aromatic carbocycles. The molecule has 14 heteroatoms. The minimum Gasteiger partial charge on any atom is -0.482 e. The molecule has 4 aromatic rings. The Labute approximate surface area is 266 Å². The molecule has 12 nitrogen and oxygen atoms in total. The van der Waals surface area contributed by atoms with Crippen LogP contribution in [0, 0.1) is 11.3 Å². The third-order valence-corrected chi connectivity index (χ3v) is 10.6. The van der Waals surface area contributed by atoms with E-state index in [0.29, 0.717) is 30.2 Å². The van der Waals surface area contributed by atoms with Gasteiger partial charge in [0.25, 0.3) is 11.8 Å². The van der Waals surface area contributed by atoms with Gasteiger partial charge in [-0.3, -0.25) is 14.5 Å². The Bertz CT molecular complexity index is 2030. The Morgan fingerprint density at radius 1 is 0.652 bits per heavy atom. The fourth-order valence-electron chi connectivity index (χ4n) is 4.79. The molecule has 2 aliphatic rings. The number of benzene rings is 4. The van der Waals surface area contributed by atoms with Crippen LogP contribution in [0.2, 0.25) is 0 Å². The van der Waals surface area contributed by atoms with Crippen LogP contribution in [0.3, 0.4) is 0 Å². The molecule has 0 aliphatic carbocycles. The van der Waals surface area contributed by atoms with E-state index in [-0.39, 0.29) is 56.9 Å². The number of hydrogen-bond donors (Lipinski definition) is 1. The topological polar surface area (TPSA) is 177 Å². The van der Waals surface area contributed by atoms with Gasteiger partial charge >= 0.3 is 0 Å². The third kappa shape index (κ3) is 6.43. The molecule has 0 spiro atoms. The highest BCUT2D eigenvalue weighted by Gasteiger charge is 2.29. The number of sulfone groups is 2. The number of hydrogen-bond acceptors (Lipinski definition) is 10. The predicted octanol–water partition coefficient (Wildman–Crippen LogP) is 2.97. The summed E-state index contributed by atoms with van der Waals surface area (Å²) in [4.78, 5) is 27.0. The number of ether oxygens (including phenoxy) is 2. The molecule has 0 unspecified atom stereocenters. The number of fused-ring (bicyclic) bond motifs is 2. The van der Waals surface area contributed by atoms with Gasteiger partial charge < -0.3 is 20.1 Å². The quantitative estimate of drug-likeness (QED) is 0.290. The first-order valence-electron chi connectivity index (χ1n) is 13.9. The third-order valence-electron chi connectivity index (χ3n) is 7.06. The van der Waals surface area contributed by atoms with E-state index >= 15 is 0 Å². The summed E-state index contributed by atoms with van der Waals surface area (Å²) in [5.74, 6) is 0.117. The van der Waals surface area contributed by atoms with Gasteiger partial charge in [-0.15, -0.1) is 0 Å². The summed E-state index contributed by atoms with van der Waals surface area (Å²) in [6, 6.07) is 26.9. The minimum atomic E-state index is -3.66. The number of anilines is 2. The summed E-state index contributed by atoms with van der Waals surface area (Å²) in [5.41, 5.74) is 6.46. The van der Waals surface area contributed by atoms with Gasteiger partial charge in [-0.1, -0.05) is 36.4 Å². The number of nitrogens with zero attached hydrogens (tertiary/aromatic N) is 3. The van der Waals surface area contributed by atoms with Crippen LogP contribution in [-0.4, -0.2) is 61.5 Å². The number of nitriles is 1. The molecule has 236 valence electrons.